The number of benzene rings is 1. The molecule has 0 spiro atoms. The predicted octanol–water partition coefficient (Wildman–Crippen LogP) is 1.49. The Hall–Kier alpha value is -0.900. The molecular weight excluding hydrogens is 188 g/mol. The van der Waals surface area contributed by atoms with E-state index in [0.717, 1.165) is 6.42 Å². The molecule has 0 aliphatic heterocycles. The molecule has 15 heavy (non-hydrogen) atoms. The van der Waals surface area contributed by atoms with E-state index in [4.69, 9.17) is 10.6 Å². The van der Waals surface area contributed by atoms with E-state index in [0.29, 0.717) is 0 Å². The lowest BCUT2D eigenvalue weighted by Gasteiger charge is -2.32. The van der Waals surface area contributed by atoms with Crippen LogP contribution < -0.4 is 11.3 Å². The summed E-state index contributed by atoms with van der Waals surface area (Å²) in [5.74, 6) is 5.55. The molecule has 0 heterocycles. The molecule has 0 aliphatic carbocycles. The van der Waals surface area contributed by atoms with Gasteiger partial charge in [0.2, 0.25) is 0 Å². The van der Waals surface area contributed by atoms with Crippen molar-refractivity contribution in [2.24, 2.45) is 5.84 Å². The summed E-state index contributed by atoms with van der Waals surface area (Å²) in [7, 11) is 1.70. The zero-order valence-electron chi connectivity index (χ0n) is 9.66. The fourth-order valence-electron chi connectivity index (χ4n) is 1.50. The van der Waals surface area contributed by atoms with Crippen LogP contribution in [0, 0.1) is 0 Å². The number of methoxy groups -OCH3 is 1. The van der Waals surface area contributed by atoms with Crippen LogP contribution in [0.2, 0.25) is 0 Å². The van der Waals surface area contributed by atoms with Crippen molar-refractivity contribution in [1.82, 2.24) is 5.43 Å². The van der Waals surface area contributed by atoms with Crippen molar-refractivity contribution in [2.45, 2.75) is 31.9 Å². The van der Waals surface area contributed by atoms with E-state index >= 15 is 0 Å². The first-order valence-electron chi connectivity index (χ1n) is 5.15. The molecule has 0 saturated heterocycles. The summed E-state index contributed by atoms with van der Waals surface area (Å²) in [6.07, 6.45) is 0.859. The molecule has 1 atom stereocenters. The van der Waals surface area contributed by atoms with E-state index in [1.807, 2.05) is 32.0 Å². The Morgan fingerprint density at radius 3 is 2.40 bits per heavy atom. The molecule has 1 rings (SSSR count). The number of hydrogen-bond donors (Lipinski definition) is 2. The summed E-state index contributed by atoms with van der Waals surface area (Å²) < 4.78 is 5.42. The van der Waals surface area contributed by atoms with Crippen LogP contribution in [0.25, 0.3) is 0 Å². The fourth-order valence-corrected chi connectivity index (χ4v) is 1.50. The fraction of sp³-hybridized carbons (Fsp3) is 0.500. The second-order valence-electron chi connectivity index (χ2n) is 4.22. The Morgan fingerprint density at radius 2 is 1.93 bits per heavy atom. The summed E-state index contributed by atoms with van der Waals surface area (Å²) in [6, 6.07) is 10.4. The number of hydrazine groups is 1. The van der Waals surface area contributed by atoms with Gasteiger partial charge in [-0.15, -0.1) is 0 Å². The molecule has 3 heteroatoms. The van der Waals surface area contributed by atoms with E-state index in [2.05, 4.69) is 17.6 Å². The Balaban J connectivity index is 2.70. The van der Waals surface area contributed by atoms with Gasteiger partial charge >= 0.3 is 0 Å². The molecule has 1 aromatic carbocycles. The smallest absolute Gasteiger partial charge is 0.0791 e. The third kappa shape index (κ3) is 3.30. The number of hydrogen-bond acceptors (Lipinski definition) is 3. The first-order valence-corrected chi connectivity index (χ1v) is 5.15. The first kappa shape index (κ1) is 12.2. The minimum absolute atomic E-state index is 0.102. The van der Waals surface area contributed by atoms with Crippen LogP contribution in [-0.2, 0) is 11.2 Å². The Morgan fingerprint density at radius 1 is 1.33 bits per heavy atom. The summed E-state index contributed by atoms with van der Waals surface area (Å²) in [5.41, 5.74) is 3.80. The van der Waals surface area contributed by atoms with Crippen molar-refractivity contribution in [2.75, 3.05) is 7.11 Å². The highest BCUT2D eigenvalue weighted by Crippen LogP contribution is 2.17. The van der Waals surface area contributed by atoms with Gasteiger partial charge in [0, 0.05) is 7.11 Å². The Bertz CT molecular complexity index is 285. The van der Waals surface area contributed by atoms with Crippen LogP contribution in [0.1, 0.15) is 19.4 Å². The summed E-state index contributed by atoms with van der Waals surface area (Å²) in [6.45, 7) is 4.06. The van der Waals surface area contributed by atoms with Gasteiger partial charge in [0.1, 0.15) is 0 Å². The molecule has 3 N–H and O–H groups in total. The maximum Gasteiger partial charge on any atom is 0.0791 e. The highest BCUT2D eigenvalue weighted by atomic mass is 16.5. The van der Waals surface area contributed by atoms with Crippen LogP contribution >= 0.6 is 0 Å². The van der Waals surface area contributed by atoms with Gasteiger partial charge in [0.25, 0.3) is 0 Å². The zero-order valence-corrected chi connectivity index (χ0v) is 9.66. The monoisotopic (exact) mass is 208 g/mol. The Labute approximate surface area is 91.6 Å². The molecule has 1 unspecified atom stereocenters. The molecule has 0 aliphatic rings. The van der Waals surface area contributed by atoms with Gasteiger partial charge < -0.3 is 4.74 Å². The van der Waals surface area contributed by atoms with Gasteiger partial charge in [0.15, 0.2) is 0 Å². The van der Waals surface area contributed by atoms with Crippen molar-refractivity contribution in [3.63, 3.8) is 0 Å². The lowest BCUT2D eigenvalue weighted by atomic mass is 9.93. The minimum Gasteiger partial charge on any atom is -0.377 e. The van der Waals surface area contributed by atoms with Gasteiger partial charge in [0.05, 0.1) is 11.6 Å². The average molecular weight is 208 g/mol. The zero-order chi connectivity index (χ0) is 11.3. The second kappa shape index (κ2) is 5.26. The van der Waals surface area contributed by atoms with Gasteiger partial charge in [-0.05, 0) is 25.8 Å². The lowest BCUT2D eigenvalue weighted by molar-refractivity contribution is -0.0101. The van der Waals surface area contributed by atoms with Crippen LogP contribution in [0.3, 0.4) is 0 Å². The SMILES string of the molecule is COC(C)(C)C(Cc1ccccc1)NN. The molecule has 0 aromatic heterocycles. The minimum atomic E-state index is -0.273. The van der Waals surface area contributed by atoms with Crippen molar-refractivity contribution in [3.05, 3.63) is 35.9 Å². The van der Waals surface area contributed by atoms with Gasteiger partial charge in [-0.3, -0.25) is 11.3 Å². The highest BCUT2D eigenvalue weighted by molar-refractivity contribution is 5.16. The van der Waals surface area contributed by atoms with E-state index < -0.39 is 0 Å². The summed E-state index contributed by atoms with van der Waals surface area (Å²) >= 11 is 0. The number of nitrogens with one attached hydrogen (secondary N) is 1. The maximum atomic E-state index is 5.55. The molecule has 0 fully saturated rings. The van der Waals surface area contributed by atoms with Crippen molar-refractivity contribution in [3.8, 4) is 0 Å². The molecule has 0 saturated carbocycles. The van der Waals surface area contributed by atoms with Crippen LogP contribution in [0.5, 0.6) is 0 Å². The van der Waals surface area contributed by atoms with E-state index in [9.17, 15) is 0 Å². The van der Waals surface area contributed by atoms with Gasteiger partial charge in [-0.1, -0.05) is 30.3 Å². The number of ether oxygens (including phenoxy) is 1. The molecular formula is C12H20N2O. The lowest BCUT2D eigenvalue weighted by Crippen LogP contribution is -2.52. The van der Waals surface area contributed by atoms with Crippen molar-refractivity contribution < 1.29 is 4.74 Å². The predicted molar refractivity (Wildman–Crippen MR) is 62.3 cm³/mol. The van der Waals surface area contributed by atoms with Gasteiger partial charge in [-0.25, -0.2) is 0 Å². The van der Waals surface area contributed by atoms with Gasteiger partial charge in [-0.2, -0.15) is 0 Å². The van der Waals surface area contributed by atoms with Crippen LogP contribution in [0.4, 0.5) is 0 Å². The van der Waals surface area contributed by atoms with Crippen molar-refractivity contribution >= 4 is 0 Å². The normalized spacial score (nSPS) is 13.9. The number of nitrogens with two attached hydrogens (primary N) is 1. The van der Waals surface area contributed by atoms with Crippen LogP contribution in [0.15, 0.2) is 30.3 Å². The Kier molecular flexibility index (Phi) is 4.27. The molecule has 0 radical (unpaired) electrons. The number of rotatable bonds is 5. The first-order chi connectivity index (χ1) is 7.10. The second-order valence-corrected chi connectivity index (χ2v) is 4.22. The summed E-state index contributed by atoms with van der Waals surface area (Å²) in [4.78, 5) is 0. The molecule has 1 aromatic rings. The van der Waals surface area contributed by atoms with Crippen LogP contribution in [-0.4, -0.2) is 18.8 Å². The standard InChI is InChI=1S/C12H20N2O/c1-12(2,15-3)11(14-13)9-10-7-5-4-6-8-10/h4-8,11,14H,9,13H2,1-3H3. The third-order valence-electron chi connectivity index (χ3n) is 2.85. The van der Waals surface area contributed by atoms with E-state index in [1.54, 1.807) is 7.11 Å². The largest absolute Gasteiger partial charge is 0.377 e. The quantitative estimate of drug-likeness (QED) is 0.569. The molecule has 84 valence electrons. The molecule has 0 bridgehead atoms. The summed E-state index contributed by atoms with van der Waals surface area (Å²) in [5, 5.41) is 0. The van der Waals surface area contributed by atoms with E-state index in [-0.39, 0.29) is 11.6 Å². The molecule has 0 amide bonds. The van der Waals surface area contributed by atoms with E-state index in [1.165, 1.54) is 5.56 Å². The average Bonchev–Trinajstić information content (AvgIpc) is 2.27. The topological polar surface area (TPSA) is 47.3 Å². The van der Waals surface area contributed by atoms with Crippen molar-refractivity contribution in [1.29, 1.82) is 0 Å². The highest BCUT2D eigenvalue weighted by Gasteiger charge is 2.28. The third-order valence-corrected chi connectivity index (χ3v) is 2.85. The maximum absolute atomic E-state index is 5.55. The molecule has 3 nitrogen and oxygen atoms in total.